The number of aromatic carboxylic acids is 1. The molecule has 0 unspecified atom stereocenters. The maximum absolute atomic E-state index is 14.0. The van der Waals surface area contributed by atoms with Crippen molar-refractivity contribution in [2.24, 2.45) is 18.9 Å². The predicted molar refractivity (Wildman–Crippen MR) is 141 cm³/mol. The van der Waals surface area contributed by atoms with Crippen molar-refractivity contribution in [1.29, 1.82) is 0 Å². The summed E-state index contributed by atoms with van der Waals surface area (Å²) in [5.74, 6) is -0.647. The molecule has 0 spiro atoms. The second kappa shape index (κ2) is 10.4. The summed E-state index contributed by atoms with van der Waals surface area (Å²) in [6.45, 7) is 8.28. The van der Waals surface area contributed by atoms with Crippen LogP contribution in [0.25, 0.3) is 0 Å². The van der Waals surface area contributed by atoms with Crippen LogP contribution in [-0.2, 0) is 27.1 Å². The number of carbonyl (C=O) groups is 2. The number of thiophene rings is 1. The maximum atomic E-state index is 14.0. The standard InChI is InChI=1S/C25H37N5O5S2/c1-15-6-8-16(9-7-15)22(31)30(19-14-20(25(2,3)4)36-21(19)23(32)33)17-10-12-18(13-11-17)37(34,35)24-26-27-28-29(24)5/h14-18H,6-13H2,1-5H3,(H,32,33). The lowest BCUT2D eigenvalue weighted by molar-refractivity contribution is -0.124. The number of aromatic nitrogens is 4. The molecule has 0 atom stereocenters. The Balaban J connectivity index is 1.66. The van der Waals surface area contributed by atoms with E-state index in [4.69, 9.17) is 0 Å². The van der Waals surface area contributed by atoms with Crippen LogP contribution in [-0.4, -0.2) is 56.9 Å². The molecule has 2 aliphatic rings. The highest BCUT2D eigenvalue weighted by atomic mass is 32.2. The highest BCUT2D eigenvalue weighted by Crippen LogP contribution is 2.42. The molecular weight excluding hydrogens is 514 g/mol. The van der Waals surface area contributed by atoms with E-state index in [0.717, 1.165) is 30.6 Å². The van der Waals surface area contributed by atoms with Gasteiger partial charge in [0.25, 0.3) is 5.16 Å². The van der Waals surface area contributed by atoms with Crippen molar-refractivity contribution in [1.82, 2.24) is 20.2 Å². The zero-order valence-electron chi connectivity index (χ0n) is 22.2. The average molecular weight is 552 g/mol. The third-order valence-corrected chi connectivity index (χ3v) is 11.5. The number of hydrogen-bond acceptors (Lipinski definition) is 8. The molecule has 37 heavy (non-hydrogen) atoms. The van der Waals surface area contributed by atoms with E-state index in [0.29, 0.717) is 37.3 Å². The van der Waals surface area contributed by atoms with E-state index in [9.17, 15) is 23.1 Å². The van der Waals surface area contributed by atoms with Crippen LogP contribution in [0.1, 0.15) is 93.6 Å². The molecule has 0 saturated heterocycles. The molecular formula is C25H37N5O5S2. The highest BCUT2D eigenvalue weighted by Gasteiger charge is 2.41. The minimum Gasteiger partial charge on any atom is -0.477 e. The van der Waals surface area contributed by atoms with Crippen molar-refractivity contribution < 1.29 is 23.1 Å². The number of aryl methyl sites for hydroxylation is 1. The van der Waals surface area contributed by atoms with Crippen molar-refractivity contribution in [3.8, 4) is 0 Å². The molecule has 2 heterocycles. The predicted octanol–water partition coefficient (Wildman–Crippen LogP) is 4.21. The van der Waals surface area contributed by atoms with Gasteiger partial charge >= 0.3 is 5.97 Å². The minimum absolute atomic E-state index is 0.0310. The third kappa shape index (κ3) is 5.59. The fraction of sp³-hybridized carbons (Fsp3) is 0.720. The number of carboxylic acids is 1. The van der Waals surface area contributed by atoms with Gasteiger partial charge in [0.05, 0.1) is 10.9 Å². The Bertz CT molecular complexity index is 1250. The van der Waals surface area contributed by atoms with Crippen molar-refractivity contribution >= 4 is 38.7 Å². The lowest BCUT2D eigenvalue weighted by Gasteiger charge is -2.39. The Morgan fingerprint density at radius 3 is 2.22 bits per heavy atom. The Kier molecular flexibility index (Phi) is 7.81. The van der Waals surface area contributed by atoms with E-state index < -0.39 is 21.1 Å². The number of tetrazole rings is 1. The van der Waals surface area contributed by atoms with Crippen LogP contribution >= 0.6 is 11.3 Å². The lowest BCUT2D eigenvalue weighted by Crippen LogP contribution is -2.47. The fourth-order valence-electron chi connectivity index (χ4n) is 5.51. The normalized spacial score (nSPS) is 25.1. The van der Waals surface area contributed by atoms with Crippen LogP contribution in [0.15, 0.2) is 11.2 Å². The minimum atomic E-state index is -3.72. The molecule has 2 fully saturated rings. The zero-order valence-corrected chi connectivity index (χ0v) is 23.8. The van der Waals surface area contributed by atoms with Gasteiger partial charge in [-0.2, -0.15) is 0 Å². The molecule has 2 aliphatic carbocycles. The van der Waals surface area contributed by atoms with Gasteiger partial charge in [-0.15, -0.1) is 11.3 Å². The number of amides is 1. The molecule has 10 nitrogen and oxygen atoms in total. The first-order valence-electron chi connectivity index (χ1n) is 13.0. The Hall–Kier alpha value is -2.34. The van der Waals surface area contributed by atoms with Crippen molar-refractivity contribution in [3.63, 3.8) is 0 Å². The molecule has 204 valence electrons. The smallest absolute Gasteiger partial charge is 0.348 e. The molecule has 1 amide bonds. The van der Waals surface area contributed by atoms with Gasteiger partial charge in [0, 0.05) is 23.9 Å². The van der Waals surface area contributed by atoms with Crippen LogP contribution < -0.4 is 4.90 Å². The summed E-state index contributed by atoms with van der Waals surface area (Å²) in [4.78, 5) is 29.1. The van der Waals surface area contributed by atoms with E-state index in [2.05, 4.69) is 22.4 Å². The summed E-state index contributed by atoms with van der Waals surface area (Å²) >= 11 is 1.22. The maximum Gasteiger partial charge on any atom is 0.348 e. The van der Waals surface area contributed by atoms with Gasteiger partial charge in [-0.3, -0.25) is 4.79 Å². The zero-order chi connectivity index (χ0) is 27.1. The van der Waals surface area contributed by atoms with Gasteiger partial charge in [0.15, 0.2) is 0 Å². The quantitative estimate of drug-likeness (QED) is 0.564. The van der Waals surface area contributed by atoms with Gasteiger partial charge in [-0.05, 0) is 79.2 Å². The second-order valence-corrected chi connectivity index (χ2v) is 14.8. The summed E-state index contributed by atoms with van der Waals surface area (Å²) < 4.78 is 27.5. The van der Waals surface area contributed by atoms with E-state index in [1.54, 1.807) is 4.90 Å². The molecule has 0 aromatic carbocycles. The molecule has 4 rings (SSSR count). The second-order valence-electron chi connectivity index (χ2n) is 11.6. The van der Waals surface area contributed by atoms with Gasteiger partial charge < -0.3 is 10.0 Å². The van der Waals surface area contributed by atoms with Crippen LogP contribution in [0.5, 0.6) is 0 Å². The van der Waals surface area contributed by atoms with E-state index in [1.165, 1.54) is 23.1 Å². The number of anilines is 1. The summed E-state index contributed by atoms with van der Waals surface area (Å²) in [7, 11) is -2.21. The molecule has 0 bridgehead atoms. The fourth-order valence-corrected chi connectivity index (χ4v) is 8.30. The average Bonchev–Trinajstić information content (AvgIpc) is 3.47. The summed E-state index contributed by atoms with van der Waals surface area (Å²) in [6.07, 6.45) is 5.16. The number of sulfone groups is 1. The SMILES string of the molecule is CC1CCC(C(=O)N(c2cc(C(C)(C)C)sc2C(=O)O)C2CCC(S(=O)(=O)c3nnnn3C)CC2)CC1. The molecule has 0 radical (unpaired) electrons. The van der Waals surface area contributed by atoms with Crippen LogP contribution in [0.2, 0.25) is 0 Å². The van der Waals surface area contributed by atoms with Crippen LogP contribution in [0.4, 0.5) is 5.69 Å². The molecule has 2 saturated carbocycles. The first-order valence-corrected chi connectivity index (χ1v) is 15.3. The lowest BCUT2D eigenvalue weighted by atomic mass is 9.81. The summed E-state index contributed by atoms with van der Waals surface area (Å²) in [5.41, 5.74) is 0.188. The van der Waals surface area contributed by atoms with Crippen LogP contribution in [0.3, 0.4) is 0 Å². The first kappa shape index (κ1) is 27.7. The summed E-state index contributed by atoms with van der Waals surface area (Å²) in [6, 6.07) is 1.60. The van der Waals surface area contributed by atoms with E-state index in [1.807, 2.05) is 26.8 Å². The number of carboxylic acid groups (broad SMARTS) is 1. The van der Waals surface area contributed by atoms with Gasteiger partial charge in [0.1, 0.15) is 4.88 Å². The highest BCUT2D eigenvalue weighted by molar-refractivity contribution is 7.91. The van der Waals surface area contributed by atoms with E-state index >= 15 is 0 Å². The summed E-state index contributed by atoms with van der Waals surface area (Å²) in [5, 5.41) is 20.1. The van der Waals surface area contributed by atoms with E-state index in [-0.39, 0.29) is 33.3 Å². The number of carbonyl (C=O) groups excluding carboxylic acids is 1. The van der Waals surface area contributed by atoms with Crippen LogP contribution in [0, 0.1) is 11.8 Å². The molecule has 1 N–H and O–H groups in total. The Morgan fingerprint density at radius 1 is 1.08 bits per heavy atom. The van der Waals surface area contributed by atoms with Crippen molar-refractivity contribution in [2.75, 3.05) is 4.90 Å². The van der Waals surface area contributed by atoms with Gasteiger partial charge in [-0.25, -0.2) is 17.9 Å². The molecule has 0 aliphatic heterocycles. The van der Waals surface area contributed by atoms with Crippen molar-refractivity contribution in [3.05, 3.63) is 15.8 Å². The number of rotatable bonds is 6. The Labute approximate surface area is 222 Å². The molecule has 12 heteroatoms. The topological polar surface area (TPSA) is 135 Å². The third-order valence-electron chi connectivity index (χ3n) is 7.79. The van der Waals surface area contributed by atoms with Gasteiger partial charge in [0.2, 0.25) is 15.7 Å². The molecule has 2 aromatic rings. The monoisotopic (exact) mass is 551 g/mol. The largest absolute Gasteiger partial charge is 0.477 e. The number of hydrogen-bond donors (Lipinski definition) is 1. The first-order chi connectivity index (χ1) is 17.3. The Morgan fingerprint density at radius 2 is 1.70 bits per heavy atom. The van der Waals surface area contributed by atoms with Crippen molar-refractivity contribution in [2.45, 2.75) is 101 Å². The number of nitrogens with zero attached hydrogens (tertiary/aromatic N) is 5. The van der Waals surface area contributed by atoms with Gasteiger partial charge in [-0.1, -0.05) is 32.8 Å². The molecule has 2 aromatic heterocycles.